The highest BCUT2D eigenvalue weighted by molar-refractivity contribution is 7.80. The summed E-state index contributed by atoms with van der Waals surface area (Å²) >= 11 is 3.85. The molecule has 2 aromatic rings. The molecule has 7 atom stereocenters. The van der Waals surface area contributed by atoms with Crippen molar-refractivity contribution in [2.24, 2.45) is 33.5 Å². The van der Waals surface area contributed by atoms with E-state index in [-0.39, 0.29) is 73.7 Å². The van der Waals surface area contributed by atoms with Crippen molar-refractivity contribution in [3.63, 3.8) is 0 Å². The number of aliphatic imine (C=N–C) groups is 1. The number of guanidine groups is 1. The lowest BCUT2D eigenvalue weighted by Gasteiger charge is -2.37. The summed E-state index contributed by atoms with van der Waals surface area (Å²) in [5.74, 6) is -13.0. The number of ketones is 3. The molecule has 0 spiro atoms. The lowest BCUT2D eigenvalue weighted by molar-refractivity contribution is -0.143. The Morgan fingerprint density at radius 1 is 0.767 bits per heavy atom. The summed E-state index contributed by atoms with van der Waals surface area (Å²) in [5, 5.41) is 43.2. The van der Waals surface area contributed by atoms with Gasteiger partial charge in [0.05, 0.1) is 36.4 Å². The molecule has 4 rings (SSSR count). The number of thiol groups is 1. The number of nitrogens with zero attached hydrogens (tertiary/aromatic N) is 3. The number of ether oxygens (including phenoxy) is 1. The first-order chi connectivity index (χ1) is 40.6. The Morgan fingerprint density at radius 3 is 2.02 bits per heavy atom. The van der Waals surface area contributed by atoms with E-state index in [0.29, 0.717) is 5.69 Å². The minimum atomic E-state index is -1.80. The largest absolute Gasteiger partial charge is 0.481 e. The number of carbonyl (C=O) groups is 13. The maximum atomic E-state index is 14.5. The van der Waals surface area contributed by atoms with E-state index in [9.17, 15) is 77.6 Å². The summed E-state index contributed by atoms with van der Waals surface area (Å²) in [6.07, 6.45) is 0.662. The Hall–Kier alpha value is -8.67. The Balaban J connectivity index is 1.51. The molecule has 0 bridgehead atoms. The third-order valence-electron chi connectivity index (χ3n) is 14.3. The van der Waals surface area contributed by atoms with E-state index in [0.717, 1.165) is 37.8 Å². The van der Waals surface area contributed by atoms with Crippen LogP contribution in [0.3, 0.4) is 0 Å². The Labute approximate surface area is 501 Å². The molecule has 1 fully saturated rings. The normalized spacial score (nSPS) is 16.3. The summed E-state index contributed by atoms with van der Waals surface area (Å²) in [6, 6.07) is 2.92. The fourth-order valence-electron chi connectivity index (χ4n) is 9.48. The van der Waals surface area contributed by atoms with Gasteiger partial charge in [0.1, 0.15) is 30.8 Å². The van der Waals surface area contributed by atoms with Crippen LogP contribution < -0.4 is 58.9 Å². The van der Waals surface area contributed by atoms with Crippen LogP contribution in [-0.4, -0.2) is 173 Å². The predicted molar refractivity (Wildman–Crippen MR) is 315 cm³/mol. The van der Waals surface area contributed by atoms with E-state index in [2.05, 4.69) is 59.2 Å². The number of benzene rings is 2. The van der Waals surface area contributed by atoms with Gasteiger partial charge in [0.15, 0.2) is 23.3 Å². The molecule has 0 radical (unpaired) electrons. The fraction of sp³-hybridized carbons (Fsp3) is 0.536. The Bertz CT molecular complexity index is 2840. The molecule has 30 heteroatoms. The van der Waals surface area contributed by atoms with Gasteiger partial charge in [-0.3, -0.25) is 57.7 Å². The van der Waals surface area contributed by atoms with Gasteiger partial charge < -0.3 is 79.0 Å². The number of nitrogens with one attached hydrogen (secondary N) is 6. The van der Waals surface area contributed by atoms with Crippen molar-refractivity contribution in [2.45, 2.75) is 147 Å². The summed E-state index contributed by atoms with van der Waals surface area (Å²) < 4.78 is 4.58. The molecule has 1 saturated carbocycles. The number of nitrogens with two attached hydrogens (primary N) is 3. The molecule has 29 nitrogen and oxygen atoms in total. The highest BCUT2D eigenvalue weighted by Gasteiger charge is 2.40. The van der Waals surface area contributed by atoms with Crippen molar-refractivity contribution in [2.75, 3.05) is 47.1 Å². The standard InChI is InChI=1S/C56H78N12O17S/c1-56(2,3)45(72)27-68-42-17-8-7-16-41(42)67(34-13-5-4-6-14-34)26-38(52(68)81)66-55(84)61-33-12-9-11-31(23-33)44(71)24-32(18-21-46(73)74)48(77)62-36(15-10-22-60-54(58)59)50(79)63-37(25-47(75)76)43(70)20-19-35(57)49(78)64-39(28-85-30-69)51(80)65-40(29-86)53(82)83/h7-9,11-12,16-17,23,30,32,34-40,86H,4-6,10,13-15,18-22,24-29,57H2,1-3H3,(H,62,77)(H,63,79)(H,64,78)(H,65,80)(H,73,74)(H,75,76)(H,82,83)(H4,58,59,60)(H2,61,66,84)/t32-,35+,36+,37-,38-,39+,40?/m1/s1. The number of amides is 7. The molecule has 1 aliphatic carbocycles. The number of aliphatic carboxylic acids is 3. The zero-order valence-electron chi connectivity index (χ0n) is 48.1. The van der Waals surface area contributed by atoms with E-state index >= 15 is 0 Å². The Morgan fingerprint density at radius 2 is 1.41 bits per heavy atom. The van der Waals surface area contributed by atoms with Crippen LogP contribution in [0.4, 0.5) is 21.9 Å². The lowest BCUT2D eigenvalue weighted by Crippen LogP contribution is -2.56. The Kier molecular flexibility index (Phi) is 27.4. The van der Waals surface area contributed by atoms with Crippen molar-refractivity contribution in [1.29, 1.82) is 0 Å². The number of carboxylic acid groups (broad SMARTS) is 3. The topological polar surface area (TPSA) is 461 Å². The van der Waals surface area contributed by atoms with Crippen LogP contribution in [0.2, 0.25) is 0 Å². The van der Waals surface area contributed by atoms with Crippen LogP contribution in [0.5, 0.6) is 0 Å². The predicted octanol–water partition coefficient (Wildman–Crippen LogP) is 0.363. The van der Waals surface area contributed by atoms with Crippen LogP contribution in [0.15, 0.2) is 53.5 Å². The SMILES string of the molecule is CC(C)(C)C(=O)CN1C(=O)[C@H](NC(=O)Nc2cccc(C(=O)C[C@@H](CCC(=O)O)C(=O)N[C@@H](CCCN=C(N)N)C(=O)N[C@H](CC(=O)O)C(=O)CC[C@H](N)C(=O)N[C@@H](COC=O)C(=O)NC(CS)C(=O)O)c2)CN(C2CCCCC2)c2ccccc21. The second-order valence-corrected chi connectivity index (χ2v) is 22.2. The highest BCUT2D eigenvalue weighted by atomic mass is 32.1. The molecule has 0 aromatic heterocycles. The molecule has 15 N–H and O–H groups in total. The van der Waals surface area contributed by atoms with Gasteiger partial charge in [-0.25, -0.2) is 9.59 Å². The van der Waals surface area contributed by atoms with E-state index in [1.165, 1.54) is 29.2 Å². The van der Waals surface area contributed by atoms with Gasteiger partial charge in [0, 0.05) is 66.7 Å². The number of urea groups is 1. The average Bonchev–Trinajstić information content (AvgIpc) is 1.81. The van der Waals surface area contributed by atoms with Crippen LogP contribution in [0.25, 0.3) is 0 Å². The second-order valence-electron chi connectivity index (χ2n) is 21.9. The molecule has 2 aromatic carbocycles. The summed E-state index contributed by atoms with van der Waals surface area (Å²) in [7, 11) is 0. The summed E-state index contributed by atoms with van der Waals surface area (Å²) in [4.78, 5) is 177. The first kappa shape index (κ1) is 69.8. The molecule has 1 aliphatic heterocycles. The van der Waals surface area contributed by atoms with Gasteiger partial charge in [-0.2, -0.15) is 12.6 Å². The fourth-order valence-corrected chi connectivity index (χ4v) is 9.73. The maximum Gasteiger partial charge on any atom is 0.327 e. The number of para-hydroxylation sites is 2. The van der Waals surface area contributed by atoms with Crippen LogP contribution in [-0.2, 0) is 57.5 Å². The highest BCUT2D eigenvalue weighted by Crippen LogP contribution is 2.38. The molecule has 470 valence electrons. The van der Waals surface area contributed by atoms with E-state index < -0.39 is 158 Å². The monoisotopic (exact) mass is 1220 g/mol. The number of hydrogen-bond donors (Lipinski definition) is 13. The number of Topliss-reactive ketones (excluding diaryl/α,β-unsaturated/α-hetero) is 3. The van der Waals surface area contributed by atoms with Crippen molar-refractivity contribution in [3.05, 3.63) is 54.1 Å². The quantitative estimate of drug-likeness (QED) is 0.0112. The second kappa shape index (κ2) is 33.7. The van der Waals surface area contributed by atoms with Gasteiger partial charge in [-0.15, -0.1) is 0 Å². The summed E-state index contributed by atoms with van der Waals surface area (Å²) in [6.45, 7) is 4.25. The smallest absolute Gasteiger partial charge is 0.327 e. The van der Waals surface area contributed by atoms with Crippen molar-refractivity contribution in [3.8, 4) is 0 Å². The molecule has 86 heavy (non-hydrogen) atoms. The number of carbonyl (C=O) groups excluding carboxylic acids is 10. The molecule has 7 amide bonds. The molecule has 1 heterocycles. The van der Waals surface area contributed by atoms with Crippen molar-refractivity contribution in [1.82, 2.24) is 26.6 Å². The third kappa shape index (κ3) is 22.1. The molecular formula is C56H78N12O17S. The number of anilines is 3. The number of fused-ring (bicyclic) bond motifs is 1. The maximum absolute atomic E-state index is 14.5. The molecule has 2 aliphatic rings. The molecular weight excluding hydrogens is 1140 g/mol. The van der Waals surface area contributed by atoms with Gasteiger partial charge >= 0.3 is 23.9 Å². The van der Waals surface area contributed by atoms with Gasteiger partial charge in [-0.1, -0.05) is 64.3 Å². The number of carboxylic acids is 3. The van der Waals surface area contributed by atoms with Crippen molar-refractivity contribution >= 4 is 113 Å². The first-order valence-corrected chi connectivity index (χ1v) is 28.6. The van der Waals surface area contributed by atoms with Gasteiger partial charge in [0.2, 0.25) is 23.6 Å². The van der Waals surface area contributed by atoms with Gasteiger partial charge in [0.25, 0.3) is 12.4 Å². The number of hydrogen-bond acceptors (Lipinski definition) is 18. The van der Waals surface area contributed by atoms with Crippen LogP contribution in [0.1, 0.15) is 115 Å². The zero-order chi connectivity index (χ0) is 63.8. The van der Waals surface area contributed by atoms with Crippen LogP contribution >= 0.6 is 12.6 Å². The zero-order valence-corrected chi connectivity index (χ0v) is 49.0. The average molecular weight is 1220 g/mol. The van der Waals surface area contributed by atoms with E-state index in [1.54, 1.807) is 32.9 Å². The first-order valence-electron chi connectivity index (χ1n) is 27.9. The number of rotatable bonds is 34. The minimum Gasteiger partial charge on any atom is -0.481 e. The van der Waals surface area contributed by atoms with Gasteiger partial charge in [-0.05, 0) is 62.8 Å². The third-order valence-corrected chi connectivity index (χ3v) is 14.7. The lowest BCUT2D eigenvalue weighted by atomic mass is 9.90. The molecule has 0 saturated heterocycles. The van der Waals surface area contributed by atoms with E-state index in [4.69, 9.17) is 17.2 Å². The van der Waals surface area contributed by atoms with Crippen molar-refractivity contribution < 1.29 is 82.4 Å². The molecule has 1 unspecified atom stereocenters. The van der Waals surface area contributed by atoms with Crippen LogP contribution in [0, 0.1) is 11.3 Å². The summed E-state index contributed by atoms with van der Waals surface area (Å²) in [5.41, 5.74) is 17.5. The minimum absolute atomic E-state index is 0.00282. The van der Waals surface area contributed by atoms with E-state index in [1.807, 2.05) is 12.1 Å².